The second kappa shape index (κ2) is 9.88. The number of nitro benzene ring substituents is 1. The number of hydrogen-bond acceptors (Lipinski definition) is 7. The SMILES string of the molecule is CC1=C(C(=O)OC(C)C)C(c2ccccc2Cl)n2c(sc(=Cc3ccc(Br)c([N+](=O)[O-])c3)c2=O)=N1. The van der Waals surface area contributed by atoms with Gasteiger partial charge in [-0.25, -0.2) is 9.79 Å². The van der Waals surface area contributed by atoms with Crippen LogP contribution in [-0.2, 0) is 9.53 Å². The highest BCUT2D eigenvalue weighted by molar-refractivity contribution is 9.10. The highest BCUT2D eigenvalue weighted by atomic mass is 79.9. The van der Waals surface area contributed by atoms with E-state index in [9.17, 15) is 19.7 Å². The molecule has 0 N–H and O–H groups in total. The molecule has 0 aliphatic carbocycles. The van der Waals surface area contributed by atoms with Gasteiger partial charge in [-0.1, -0.05) is 47.2 Å². The normalized spacial score (nSPS) is 15.7. The van der Waals surface area contributed by atoms with E-state index in [0.29, 0.717) is 35.7 Å². The molecule has 0 radical (unpaired) electrons. The zero-order chi connectivity index (χ0) is 25.4. The number of carbonyl (C=O) groups excluding carboxylic acids is 1. The van der Waals surface area contributed by atoms with Gasteiger partial charge in [0.05, 0.1) is 31.3 Å². The lowest BCUT2D eigenvalue weighted by molar-refractivity contribution is -0.385. The molecule has 1 aliphatic rings. The van der Waals surface area contributed by atoms with Gasteiger partial charge in [0.25, 0.3) is 11.2 Å². The quantitative estimate of drug-likeness (QED) is 0.253. The Labute approximate surface area is 217 Å². The molecule has 0 fully saturated rings. The van der Waals surface area contributed by atoms with Gasteiger partial charge in [0.1, 0.15) is 6.04 Å². The summed E-state index contributed by atoms with van der Waals surface area (Å²) in [5, 5.41) is 11.7. The van der Waals surface area contributed by atoms with Crippen LogP contribution in [0.5, 0.6) is 0 Å². The van der Waals surface area contributed by atoms with Crippen LogP contribution in [0.1, 0.15) is 37.9 Å². The molecule has 4 rings (SSSR count). The van der Waals surface area contributed by atoms with Crippen LogP contribution < -0.4 is 14.9 Å². The maximum Gasteiger partial charge on any atom is 0.338 e. The predicted octanol–water partition coefficient (Wildman–Crippen LogP) is 4.51. The van der Waals surface area contributed by atoms with Gasteiger partial charge < -0.3 is 4.74 Å². The number of fused-ring (bicyclic) bond motifs is 1. The van der Waals surface area contributed by atoms with E-state index in [2.05, 4.69) is 20.9 Å². The zero-order valence-corrected chi connectivity index (χ0v) is 22.0. The number of thiazole rings is 1. The van der Waals surface area contributed by atoms with Crippen molar-refractivity contribution in [3.8, 4) is 0 Å². The minimum atomic E-state index is -0.840. The number of esters is 1. The first-order chi connectivity index (χ1) is 16.6. The molecule has 0 bridgehead atoms. The number of nitrogens with zero attached hydrogens (tertiary/aromatic N) is 3. The molecule has 35 heavy (non-hydrogen) atoms. The van der Waals surface area contributed by atoms with Crippen molar-refractivity contribution in [2.24, 2.45) is 4.99 Å². The topological polar surface area (TPSA) is 104 Å². The van der Waals surface area contributed by atoms with E-state index in [4.69, 9.17) is 16.3 Å². The van der Waals surface area contributed by atoms with E-state index in [0.717, 1.165) is 11.3 Å². The molecule has 1 atom stereocenters. The van der Waals surface area contributed by atoms with E-state index in [1.54, 1.807) is 63.2 Å². The Morgan fingerprint density at radius 1 is 1.31 bits per heavy atom. The standard InChI is InChI=1S/C24H19BrClN3O5S/c1-12(2)34-23(31)20-13(3)27-24-28(21(20)15-6-4-5-7-17(15)26)22(30)19(35-24)11-14-8-9-16(25)18(10-14)29(32)33/h4-12,21H,1-3H3. The number of ether oxygens (including phenoxy) is 1. The van der Waals surface area contributed by atoms with Crippen LogP contribution in [0, 0.1) is 10.1 Å². The lowest BCUT2D eigenvalue weighted by atomic mass is 9.96. The maximum atomic E-state index is 13.6. The number of rotatable bonds is 5. The lowest BCUT2D eigenvalue weighted by Gasteiger charge is -2.26. The fraction of sp³-hybridized carbons (Fsp3) is 0.208. The average Bonchev–Trinajstić information content (AvgIpc) is 3.08. The fourth-order valence-electron chi connectivity index (χ4n) is 3.76. The summed E-state index contributed by atoms with van der Waals surface area (Å²) in [6.07, 6.45) is 1.20. The summed E-state index contributed by atoms with van der Waals surface area (Å²) in [6.45, 7) is 5.17. The Morgan fingerprint density at radius 2 is 2.03 bits per heavy atom. The molecule has 0 saturated heterocycles. The predicted molar refractivity (Wildman–Crippen MR) is 137 cm³/mol. The first kappa shape index (κ1) is 25.0. The molecule has 0 spiro atoms. The van der Waals surface area contributed by atoms with Crippen LogP contribution in [0.4, 0.5) is 5.69 Å². The summed E-state index contributed by atoms with van der Waals surface area (Å²) >= 11 is 10.8. The second-order valence-electron chi connectivity index (χ2n) is 8.03. The molecule has 180 valence electrons. The Balaban J connectivity index is 1.96. The van der Waals surface area contributed by atoms with Crippen molar-refractivity contribution in [1.82, 2.24) is 4.57 Å². The van der Waals surface area contributed by atoms with Crippen molar-refractivity contribution in [2.75, 3.05) is 0 Å². The van der Waals surface area contributed by atoms with Crippen molar-refractivity contribution in [3.05, 3.63) is 104 Å². The number of allylic oxidation sites excluding steroid dienone is 1. The molecule has 2 heterocycles. The number of aromatic nitrogens is 1. The van der Waals surface area contributed by atoms with Crippen LogP contribution in [0.15, 0.2) is 68.0 Å². The second-order valence-corrected chi connectivity index (χ2v) is 10.3. The van der Waals surface area contributed by atoms with Gasteiger partial charge in [-0.05, 0) is 66.0 Å². The highest BCUT2D eigenvalue weighted by Crippen LogP contribution is 2.34. The number of benzene rings is 2. The van der Waals surface area contributed by atoms with Crippen LogP contribution in [0.2, 0.25) is 5.02 Å². The minimum absolute atomic E-state index is 0.116. The van der Waals surface area contributed by atoms with Gasteiger partial charge in [-0.15, -0.1) is 0 Å². The first-order valence-electron chi connectivity index (χ1n) is 10.5. The summed E-state index contributed by atoms with van der Waals surface area (Å²) in [5.41, 5.74) is 1.18. The molecule has 0 amide bonds. The van der Waals surface area contributed by atoms with Gasteiger partial charge in [-0.3, -0.25) is 19.5 Å². The molecule has 8 nitrogen and oxygen atoms in total. The van der Waals surface area contributed by atoms with E-state index in [1.165, 1.54) is 10.6 Å². The maximum absolute atomic E-state index is 13.6. The largest absolute Gasteiger partial charge is 0.459 e. The minimum Gasteiger partial charge on any atom is -0.459 e. The third kappa shape index (κ3) is 4.86. The van der Waals surface area contributed by atoms with E-state index in [-0.39, 0.29) is 17.4 Å². The number of hydrogen-bond donors (Lipinski definition) is 0. The van der Waals surface area contributed by atoms with Crippen molar-refractivity contribution in [3.63, 3.8) is 0 Å². The molecule has 3 aromatic rings. The third-order valence-corrected chi connectivity index (χ3v) is 7.25. The highest BCUT2D eigenvalue weighted by Gasteiger charge is 2.34. The number of carbonyl (C=O) groups is 1. The smallest absolute Gasteiger partial charge is 0.338 e. The Hall–Kier alpha value is -3.08. The Bertz CT molecular complexity index is 1570. The summed E-state index contributed by atoms with van der Waals surface area (Å²) < 4.78 is 7.54. The van der Waals surface area contributed by atoms with Crippen LogP contribution >= 0.6 is 38.9 Å². The van der Waals surface area contributed by atoms with Crippen LogP contribution in [0.25, 0.3) is 6.08 Å². The molecule has 0 saturated carbocycles. The molecule has 1 aromatic heterocycles. The first-order valence-corrected chi connectivity index (χ1v) is 12.5. The number of halogens is 2. The lowest BCUT2D eigenvalue weighted by Crippen LogP contribution is -2.40. The molecular formula is C24H19BrClN3O5S. The zero-order valence-electron chi connectivity index (χ0n) is 18.8. The van der Waals surface area contributed by atoms with E-state index >= 15 is 0 Å². The van der Waals surface area contributed by atoms with Gasteiger partial charge in [0.15, 0.2) is 4.80 Å². The third-order valence-electron chi connectivity index (χ3n) is 5.25. The van der Waals surface area contributed by atoms with Crippen molar-refractivity contribution < 1.29 is 14.5 Å². The van der Waals surface area contributed by atoms with Crippen LogP contribution in [0.3, 0.4) is 0 Å². The molecule has 1 unspecified atom stereocenters. The van der Waals surface area contributed by atoms with Crippen molar-refractivity contribution in [1.29, 1.82) is 0 Å². The molecule has 1 aliphatic heterocycles. The monoisotopic (exact) mass is 575 g/mol. The van der Waals surface area contributed by atoms with Gasteiger partial charge in [0.2, 0.25) is 0 Å². The van der Waals surface area contributed by atoms with Gasteiger partial charge in [0, 0.05) is 11.1 Å². The average molecular weight is 577 g/mol. The molecular weight excluding hydrogens is 558 g/mol. The van der Waals surface area contributed by atoms with E-state index in [1.807, 2.05) is 0 Å². The molecule has 2 aromatic carbocycles. The summed E-state index contributed by atoms with van der Waals surface area (Å²) in [6, 6.07) is 10.7. The molecule has 11 heteroatoms. The Kier molecular flexibility index (Phi) is 7.07. The van der Waals surface area contributed by atoms with Crippen molar-refractivity contribution >= 4 is 56.6 Å². The summed E-state index contributed by atoms with van der Waals surface area (Å²) in [5.74, 6) is -0.580. The number of nitro groups is 1. The fourth-order valence-corrected chi connectivity index (χ4v) is 5.44. The van der Waals surface area contributed by atoms with Crippen molar-refractivity contribution in [2.45, 2.75) is 32.9 Å². The Morgan fingerprint density at radius 3 is 2.69 bits per heavy atom. The van der Waals surface area contributed by atoms with E-state index < -0.39 is 22.5 Å². The summed E-state index contributed by atoms with van der Waals surface area (Å²) in [7, 11) is 0. The van der Waals surface area contributed by atoms with Crippen LogP contribution in [-0.4, -0.2) is 21.6 Å². The van der Waals surface area contributed by atoms with Gasteiger partial charge in [-0.2, -0.15) is 0 Å². The summed E-state index contributed by atoms with van der Waals surface area (Å²) in [4.78, 5) is 42.4. The van der Waals surface area contributed by atoms with Gasteiger partial charge >= 0.3 is 5.97 Å².